The van der Waals surface area contributed by atoms with Gasteiger partial charge in [-0.1, -0.05) is 5.16 Å². The van der Waals surface area contributed by atoms with E-state index in [1.165, 1.54) is 6.07 Å². The van der Waals surface area contributed by atoms with Gasteiger partial charge >= 0.3 is 5.97 Å². The molecule has 6 heteroatoms. The predicted molar refractivity (Wildman–Crippen MR) is 72.1 cm³/mol. The van der Waals surface area contributed by atoms with Gasteiger partial charge in [-0.15, -0.1) is 0 Å². The van der Waals surface area contributed by atoms with Crippen molar-refractivity contribution in [2.24, 2.45) is 0 Å². The molecular weight excluding hydrogens is 246 g/mol. The highest BCUT2D eigenvalue weighted by atomic mass is 16.5. The quantitative estimate of drug-likeness (QED) is 0.698. The van der Waals surface area contributed by atoms with E-state index in [1.54, 1.807) is 0 Å². The molecule has 0 aliphatic heterocycles. The number of carboxylic acids is 1. The lowest BCUT2D eigenvalue weighted by Gasteiger charge is -2.30. The van der Waals surface area contributed by atoms with Crippen molar-refractivity contribution < 1.29 is 14.4 Å². The summed E-state index contributed by atoms with van der Waals surface area (Å²) in [6, 6.07) is 2.45. The molecule has 0 aliphatic carbocycles. The molecule has 0 radical (unpaired) electrons. The highest BCUT2D eigenvalue weighted by molar-refractivity contribution is 5.85. The Balaban J connectivity index is 2.31. The zero-order valence-electron chi connectivity index (χ0n) is 12.0. The first-order chi connectivity index (χ1) is 8.91. The van der Waals surface area contributed by atoms with E-state index in [0.29, 0.717) is 24.4 Å². The third kappa shape index (κ3) is 5.00. The van der Waals surface area contributed by atoms with Crippen LogP contribution in [-0.2, 0) is 6.54 Å². The molecule has 0 bridgehead atoms. The summed E-state index contributed by atoms with van der Waals surface area (Å²) >= 11 is 0. The maximum Gasteiger partial charge on any atom is 0.358 e. The Kier molecular flexibility index (Phi) is 5.98. The number of carbonyl (C=O) groups is 1. The number of carboxylic acid groups (broad SMARTS) is 1. The Morgan fingerprint density at radius 1 is 1.42 bits per heavy atom. The zero-order valence-corrected chi connectivity index (χ0v) is 12.0. The minimum Gasteiger partial charge on any atom is -0.476 e. The molecule has 0 aliphatic rings. The van der Waals surface area contributed by atoms with Crippen LogP contribution < -0.4 is 5.32 Å². The van der Waals surface area contributed by atoms with Crippen molar-refractivity contribution in [2.75, 3.05) is 13.1 Å². The van der Waals surface area contributed by atoms with Crippen LogP contribution >= 0.6 is 0 Å². The van der Waals surface area contributed by atoms with Crippen LogP contribution in [0.1, 0.15) is 43.9 Å². The van der Waals surface area contributed by atoms with Crippen LogP contribution in [-0.4, -0.2) is 46.3 Å². The van der Waals surface area contributed by atoms with Crippen molar-refractivity contribution in [1.29, 1.82) is 0 Å². The van der Waals surface area contributed by atoms with Gasteiger partial charge in [0.2, 0.25) is 0 Å². The summed E-state index contributed by atoms with van der Waals surface area (Å²) in [5.41, 5.74) is -0.0530. The third-order valence-corrected chi connectivity index (χ3v) is 2.95. The molecule has 1 aromatic rings. The van der Waals surface area contributed by atoms with Crippen molar-refractivity contribution >= 4 is 5.97 Å². The van der Waals surface area contributed by atoms with Gasteiger partial charge in [0.15, 0.2) is 11.5 Å². The van der Waals surface area contributed by atoms with Crippen molar-refractivity contribution in [2.45, 2.75) is 46.3 Å². The smallest absolute Gasteiger partial charge is 0.358 e. The molecule has 0 aromatic carbocycles. The molecule has 0 spiro atoms. The van der Waals surface area contributed by atoms with Gasteiger partial charge < -0.3 is 14.9 Å². The average molecular weight is 269 g/mol. The van der Waals surface area contributed by atoms with Crippen LogP contribution in [0.15, 0.2) is 10.6 Å². The Bertz CT molecular complexity index is 394. The standard InChI is InChI=1S/C13H23N3O3/c1-9(2)16(10(3)4)6-5-14-8-11-7-12(13(17)18)15-19-11/h7,9-10,14H,5-6,8H2,1-4H3,(H,17,18). The Morgan fingerprint density at radius 2 is 2.05 bits per heavy atom. The van der Waals surface area contributed by atoms with Gasteiger partial charge in [0, 0.05) is 31.2 Å². The van der Waals surface area contributed by atoms with Crippen LogP contribution in [0.4, 0.5) is 0 Å². The fourth-order valence-corrected chi connectivity index (χ4v) is 2.03. The monoisotopic (exact) mass is 269 g/mol. The number of hydrogen-bond acceptors (Lipinski definition) is 5. The molecule has 6 nitrogen and oxygen atoms in total. The molecule has 0 fully saturated rings. The molecule has 2 N–H and O–H groups in total. The second-order valence-electron chi connectivity index (χ2n) is 5.09. The summed E-state index contributed by atoms with van der Waals surface area (Å²) < 4.78 is 4.92. The van der Waals surface area contributed by atoms with Gasteiger partial charge in [0.25, 0.3) is 0 Å². The van der Waals surface area contributed by atoms with E-state index in [9.17, 15) is 4.79 Å². The van der Waals surface area contributed by atoms with Crippen LogP contribution in [0.2, 0.25) is 0 Å². The zero-order chi connectivity index (χ0) is 14.4. The molecule has 0 saturated carbocycles. The Hall–Kier alpha value is -1.40. The molecule has 19 heavy (non-hydrogen) atoms. The highest BCUT2D eigenvalue weighted by Crippen LogP contribution is 2.05. The first-order valence-corrected chi connectivity index (χ1v) is 6.57. The largest absolute Gasteiger partial charge is 0.476 e. The van der Waals surface area contributed by atoms with E-state index in [0.717, 1.165) is 13.1 Å². The van der Waals surface area contributed by atoms with E-state index in [4.69, 9.17) is 9.63 Å². The van der Waals surface area contributed by atoms with Crippen LogP contribution in [0, 0.1) is 0 Å². The first-order valence-electron chi connectivity index (χ1n) is 6.57. The van der Waals surface area contributed by atoms with Crippen molar-refractivity contribution in [1.82, 2.24) is 15.4 Å². The maximum atomic E-state index is 10.6. The predicted octanol–water partition coefficient (Wildman–Crippen LogP) is 1.58. The van der Waals surface area contributed by atoms with Crippen molar-refractivity contribution in [3.05, 3.63) is 17.5 Å². The number of nitrogens with zero attached hydrogens (tertiary/aromatic N) is 2. The van der Waals surface area contributed by atoms with E-state index >= 15 is 0 Å². The lowest BCUT2D eigenvalue weighted by atomic mass is 10.2. The summed E-state index contributed by atoms with van der Waals surface area (Å²) in [7, 11) is 0. The molecule has 1 heterocycles. The van der Waals surface area contributed by atoms with E-state index in [-0.39, 0.29) is 5.69 Å². The highest BCUT2D eigenvalue weighted by Gasteiger charge is 2.13. The molecule has 0 amide bonds. The fraction of sp³-hybridized carbons (Fsp3) is 0.692. The minimum atomic E-state index is -1.07. The van der Waals surface area contributed by atoms with Crippen LogP contribution in [0.25, 0.3) is 0 Å². The second kappa shape index (κ2) is 7.25. The Labute approximate surface area is 113 Å². The Morgan fingerprint density at radius 3 is 2.53 bits per heavy atom. The topological polar surface area (TPSA) is 78.6 Å². The van der Waals surface area contributed by atoms with Crippen LogP contribution in [0.3, 0.4) is 0 Å². The van der Waals surface area contributed by atoms with E-state index in [2.05, 4.69) is 43.1 Å². The van der Waals surface area contributed by atoms with Gasteiger partial charge in [-0.05, 0) is 27.7 Å². The summed E-state index contributed by atoms with van der Waals surface area (Å²) in [5.74, 6) is -0.529. The lowest BCUT2D eigenvalue weighted by molar-refractivity contribution is 0.0685. The van der Waals surface area contributed by atoms with Crippen LogP contribution in [0.5, 0.6) is 0 Å². The number of aromatic nitrogens is 1. The number of nitrogens with one attached hydrogen (secondary N) is 1. The summed E-state index contributed by atoms with van der Waals surface area (Å²) in [4.78, 5) is 13.0. The molecular formula is C13H23N3O3. The SMILES string of the molecule is CC(C)N(CCNCc1cc(C(=O)O)no1)C(C)C. The molecule has 108 valence electrons. The lowest BCUT2D eigenvalue weighted by Crippen LogP contribution is -2.41. The van der Waals surface area contributed by atoms with Gasteiger partial charge in [-0.25, -0.2) is 4.79 Å². The van der Waals surface area contributed by atoms with Gasteiger partial charge in [-0.3, -0.25) is 4.90 Å². The first kappa shape index (κ1) is 15.7. The average Bonchev–Trinajstić information content (AvgIpc) is 2.76. The minimum absolute atomic E-state index is 0.0530. The van der Waals surface area contributed by atoms with Gasteiger partial charge in [-0.2, -0.15) is 0 Å². The van der Waals surface area contributed by atoms with E-state index < -0.39 is 5.97 Å². The summed E-state index contributed by atoms with van der Waals surface area (Å²) in [6.07, 6.45) is 0. The summed E-state index contributed by atoms with van der Waals surface area (Å²) in [6.45, 7) is 11.0. The fourth-order valence-electron chi connectivity index (χ4n) is 2.03. The molecule has 0 unspecified atom stereocenters. The molecule has 1 aromatic heterocycles. The van der Waals surface area contributed by atoms with Gasteiger partial charge in [0.1, 0.15) is 0 Å². The number of aromatic carboxylic acids is 1. The number of hydrogen-bond donors (Lipinski definition) is 2. The van der Waals surface area contributed by atoms with E-state index in [1.807, 2.05) is 0 Å². The normalized spacial score (nSPS) is 11.7. The van der Waals surface area contributed by atoms with Gasteiger partial charge in [0.05, 0.1) is 6.54 Å². The maximum absolute atomic E-state index is 10.6. The van der Waals surface area contributed by atoms with Crippen molar-refractivity contribution in [3.63, 3.8) is 0 Å². The molecule has 0 atom stereocenters. The summed E-state index contributed by atoms with van der Waals surface area (Å²) in [5, 5.41) is 15.4. The number of rotatable bonds is 8. The third-order valence-electron chi connectivity index (χ3n) is 2.95. The second-order valence-corrected chi connectivity index (χ2v) is 5.09. The molecule has 0 saturated heterocycles. The van der Waals surface area contributed by atoms with Crippen molar-refractivity contribution in [3.8, 4) is 0 Å². The molecule has 1 rings (SSSR count).